The van der Waals surface area contributed by atoms with Crippen molar-refractivity contribution >= 4 is 16.8 Å². The lowest BCUT2D eigenvalue weighted by molar-refractivity contribution is -0.384. The van der Waals surface area contributed by atoms with Crippen LogP contribution in [0.5, 0.6) is 11.5 Å². The number of fused-ring (bicyclic) bond motifs is 2. The van der Waals surface area contributed by atoms with E-state index in [-0.39, 0.29) is 12.4 Å². The monoisotopic (exact) mass is 413 g/mol. The highest BCUT2D eigenvalue weighted by molar-refractivity contribution is 5.75. The van der Waals surface area contributed by atoms with Crippen LogP contribution in [0.4, 0.5) is 5.69 Å². The van der Waals surface area contributed by atoms with Crippen molar-refractivity contribution in [1.82, 2.24) is 9.47 Å². The number of nitro benzene ring substituents is 1. The highest BCUT2D eigenvalue weighted by atomic mass is 16.6. The number of hydrogen-bond donors (Lipinski definition) is 0. The highest BCUT2D eigenvalue weighted by Crippen LogP contribution is 2.34. The predicted octanol–water partition coefficient (Wildman–Crippen LogP) is 3.32. The molecule has 2 aromatic carbocycles. The Bertz CT molecular complexity index is 1150. The second-order valence-electron chi connectivity index (χ2n) is 7.08. The lowest BCUT2D eigenvalue weighted by atomic mass is 9.99. The highest BCUT2D eigenvalue weighted by Gasteiger charge is 2.22. The first-order valence-electron chi connectivity index (χ1n) is 9.91. The molecule has 0 spiro atoms. The van der Waals surface area contributed by atoms with Crippen LogP contribution in [-0.2, 0) is 19.6 Å². The van der Waals surface area contributed by atoms with E-state index in [4.69, 9.17) is 13.9 Å². The average molecular weight is 413 g/mol. The molecular weight excluding hydrogens is 390 g/mol. The van der Waals surface area contributed by atoms with Crippen LogP contribution in [0.25, 0.3) is 11.1 Å². The third kappa shape index (κ3) is 3.76. The number of aromatic nitrogens is 1. The van der Waals surface area contributed by atoms with E-state index in [1.54, 1.807) is 0 Å². The van der Waals surface area contributed by atoms with Gasteiger partial charge in [0.25, 0.3) is 5.69 Å². The molecule has 30 heavy (non-hydrogen) atoms. The number of nitro groups is 1. The molecule has 1 aliphatic rings. The number of rotatable bonds is 7. The van der Waals surface area contributed by atoms with Gasteiger partial charge in [-0.15, -0.1) is 0 Å². The van der Waals surface area contributed by atoms with E-state index in [1.165, 1.54) is 28.3 Å². The van der Waals surface area contributed by atoms with Crippen molar-refractivity contribution < 1.29 is 18.8 Å². The molecular formula is C21H23N3O6. The zero-order valence-electron chi connectivity index (χ0n) is 16.9. The Kier molecular flexibility index (Phi) is 5.45. The minimum absolute atomic E-state index is 0.0779. The molecule has 158 valence electrons. The molecule has 0 N–H and O–H groups in total. The third-order valence-electron chi connectivity index (χ3n) is 5.16. The van der Waals surface area contributed by atoms with E-state index >= 15 is 0 Å². The number of non-ortho nitro benzene ring substituents is 1. The maximum atomic E-state index is 12.4. The summed E-state index contributed by atoms with van der Waals surface area (Å²) in [6.07, 6.45) is 0.798. The summed E-state index contributed by atoms with van der Waals surface area (Å²) in [5.41, 5.74) is 2.98. The second-order valence-corrected chi connectivity index (χ2v) is 7.08. The Morgan fingerprint density at radius 3 is 2.47 bits per heavy atom. The van der Waals surface area contributed by atoms with Crippen molar-refractivity contribution in [3.05, 3.63) is 62.1 Å². The molecule has 0 unspecified atom stereocenters. The maximum absolute atomic E-state index is 12.4. The lowest BCUT2D eigenvalue weighted by Crippen LogP contribution is -2.35. The number of nitrogens with zero attached hydrogens (tertiary/aromatic N) is 3. The maximum Gasteiger partial charge on any atom is 0.421 e. The van der Waals surface area contributed by atoms with Gasteiger partial charge in [0.1, 0.15) is 0 Å². The SMILES string of the molecule is CCOc1cc2c(cc1OCC)CN(Cn1c(=O)oc3ccc([N+](=O)[O-])cc31)CC2. The van der Waals surface area contributed by atoms with E-state index in [0.29, 0.717) is 36.6 Å². The van der Waals surface area contributed by atoms with E-state index in [0.717, 1.165) is 24.3 Å². The molecule has 0 atom stereocenters. The second kappa shape index (κ2) is 8.19. The molecule has 1 aromatic heterocycles. The van der Waals surface area contributed by atoms with Gasteiger partial charge in [0.2, 0.25) is 0 Å². The summed E-state index contributed by atoms with van der Waals surface area (Å²) in [6.45, 7) is 6.61. The normalized spacial score (nSPS) is 13.9. The smallest absolute Gasteiger partial charge is 0.421 e. The first kappa shape index (κ1) is 20.0. The van der Waals surface area contributed by atoms with Crippen molar-refractivity contribution in [3.63, 3.8) is 0 Å². The largest absolute Gasteiger partial charge is 0.490 e. The van der Waals surface area contributed by atoms with E-state index < -0.39 is 10.7 Å². The fraction of sp³-hybridized carbons (Fsp3) is 0.381. The molecule has 0 saturated heterocycles. The Balaban J connectivity index is 1.62. The summed E-state index contributed by atoms with van der Waals surface area (Å²) in [4.78, 5) is 25.1. The van der Waals surface area contributed by atoms with Crippen LogP contribution in [-0.4, -0.2) is 34.1 Å². The van der Waals surface area contributed by atoms with Crippen molar-refractivity contribution in [2.45, 2.75) is 33.5 Å². The van der Waals surface area contributed by atoms with Crippen LogP contribution in [0.2, 0.25) is 0 Å². The van der Waals surface area contributed by atoms with E-state index in [9.17, 15) is 14.9 Å². The van der Waals surface area contributed by atoms with Gasteiger partial charge in [-0.05, 0) is 49.6 Å². The summed E-state index contributed by atoms with van der Waals surface area (Å²) in [5.74, 6) is 0.926. The quantitative estimate of drug-likeness (QED) is 0.433. The minimum atomic E-state index is -0.530. The molecule has 2 heterocycles. The number of oxazole rings is 1. The van der Waals surface area contributed by atoms with E-state index in [1.807, 2.05) is 26.0 Å². The van der Waals surface area contributed by atoms with Crippen LogP contribution in [0.1, 0.15) is 25.0 Å². The summed E-state index contributed by atoms with van der Waals surface area (Å²) in [6, 6.07) is 8.19. The predicted molar refractivity (Wildman–Crippen MR) is 110 cm³/mol. The molecule has 9 heteroatoms. The fourth-order valence-corrected chi connectivity index (χ4v) is 3.78. The first-order chi connectivity index (χ1) is 14.5. The summed E-state index contributed by atoms with van der Waals surface area (Å²) in [7, 11) is 0. The molecule has 0 bridgehead atoms. The van der Waals surface area contributed by atoms with Crippen LogP contribution >= 0.6 is 0 Å². The van der Waals surface area contributed by atoms with Crippen LogP contribution in [0.3, 0.4) is 0 Å². The van der Waals surface area contributed by atoms with Crippen molar-refractivity contribution in [2.24, 2.45) is 0 Å². The average Bonchev–Trinajstić information content (AvgIpc) is 3.03. The Morgan fingerprint density at radius 1 is 1.10 bits per heavy atom. The van der Waals surface area contributed by atoms with Gasteiger partial charge >= 0.3 is 5.76 Å². The molecule has 0 fully saturated rings. The first-order valence-corrected chi connectivity index (χ1v) is 9.91. The molecule has 0 aliphatic carbocycles. The fourth-order valence-electron chi connectivity index (χ4n) is 3.78. The van der Waals surface area contributed by atoms with Gasteiger partial charge in [0, 0.05) is 25.2 Å². The lowest BCUT2D eigenvalue weighted by Gasteiger charge is -2.29. The standard InChI is InChI=1S/C21H23N3O6/c1-3-28-19-9-14-7-8-22(12-15(14)10-20(19)29-4-2)13-23-17-11-16(24(26)27)5-6-18(17)30-21(23)25/h5-6,9-11H,3-4,7-8,12-13H2,1-2H3. The van der Waals surface area contributed by atoms with Crippen LogP contribution in [0.15, 0.2) is 39.5 Å². The third-order valence-corrected chi connectivity index (χ3v) is 5.16. The van der Waals surface area contributed by atoms with Gasteiger partial charge < -0.3 is 13.9 Å². The summed E-state index contributed by atoms with van der Waals surface area (Å²) < 4.78 is 18.1. The van der Waals surface area contributed by atoms with Crippen molar-refractivity contribution in [2.75, 3.05) is 19.8 Å². The van der Waals surface area contributed by atoms with Gasteiger partial charge in [-0.1, -0.05) is 0 Å². The van der Waals surface area contributed by atoms with Crippen LogP contribution < -0.4 is 15.2 Å². The van der Waals surface area contributed by atoms with Crippen molar-refractivity contribution in [3.8, 4) is 11.5 Å². The Labute approximate surface area is 172 Å². The molecule has 1 aliphatic heterocycles. The van der Waals surface area contributed by atoms with E-state index in [2.05, 4.69) is 4.90 Å². The zero-order valence-corrected chi connectivity index (χ0v) is 16.9. The molecule has 3 aromatic rings. The molecule has 9 nitrogen and oxygen atoms in total. The molecule has 4 rings (SSSR count). The topological polar surface area (TPSA) is 100.0 Å². The number of hydrogen-bond acceptors (Lipinski definition) is 7. The van der Waals surface area contributed by atoms with Gasteiger partial charge in [-0.25, -0.2) is 4.79 Å². The number of benzene rings is 2. The summed E-state index contributed by atoms with van der Waals surface area (Å²) in [5, 5.41) is 11.1. The Hall–Kier alpha value is -3.33. The minimum Gasteiger partial charge on any atom is -0.490 e. The van der Waals surface area contributed by atoms with Gasteiger partial charge in [-0.3, -0.25) is 19.6 Å². The molecule has 0 amide bonds. The van der Waals surface area contributed by atoms with Gasteiger partial charge in [0.05, 0.1) is 30.3 Å². The van der Waals surface area contributed by atoms with Crippen LogP contribution in [0, 0.1) is 10.1 Å². The van der Waals surface area contributed by atoms with Gasteiger partial charge in [-0.2, -0.15) is 0 Å². The Morgan fingerprint density at radius 2 is 1.80 bits per heavy atom. The zero-order chi connectivity index (χ0) is 21.3. The molecule has 0 radical (unpaired) electrons. The molecule has 0 saturated carbocycles. The number of ether oxygens (including phenoxy) is 2. The summed E-state index contributed by atoms with van der Waals surface area (Å²) >= 11 is 0. The van der Waals surface area contributed by atoms with Crippen molar-refractivity contribution in [1.29, 1.82) is 0 Å². The van der Waals surface area contributed by atoms with Gasteiger partial charge in [0.15, 0.2) is 17.1 Å².